The first-order valence-electron chi connectivity index (χ1n) is 8.68. The maximum absolute atomic E-state index is 11.8. The van der Waals surface area contributed by atoms with E-state index in [9.17, 15) is 4.79 Å². The van der Waals surface area contributed by atoms with Gasteiger partial charge in [0.25, 0.3) is 0 Å². The Morgan fingerprint density at radius 1 is 1.32 bits per heavy atom. The van der Waals surface area contributed by atoms with E-state index in [4.69, 9.17) is 10.5 Å². The Morgan fingerprint density at radius 3 is 2.76 bits per heavy atom. The number of rotatable bonds is 7. The molecule has 0 unspecified atom stereocenters. The highest BCUT2D eigenvalue weighted by molar-refractivity contribution is 5.96. The molecule has 0 fully saturated rings. The van der Waals surface area contributed by atoms with Crippen LogP contribution in [0, 0.1) is 12.8 Å². The van der Waals surface area contributed by atoms with Crippen LogP contribution in [0.4, 0.5) is 11.8 Å². The predicted molar refractivity (Wildman–Crippen MR) is 101 cm³/mol. The van der Waals surface area contributed by atoms with Gasteiger partial charge in [-0.3, -0.25) is 4.79 Å². The minimum Gasteiger partial charge on any atom is -0.459 e. The second-order valence-electron chi connectivity index (χ2n) is 6.42. The van der Waals surface area contributed by atoms with Gasteiger partial charge in [0.1, 0.15) is 6.61 Å². The lowest BCUT2D eigenvalue weighted by Crippen LogP contribution is -2.17. The first kappa shape index (κ1) is 18.8. The summed E-state index contributed by atoms with van der Waals surface area (Å²) in [4.78, 5) is 25.0. The van der Waals surface area contributed by atoms with Gasteiger partial charge in [-0.25, -0.2) is 9.98 Å². The molecule has 0 atom stereocenters. The van der Waals surface area contributed by atoms with Crippen molar-refractivity contribution >= 4 is 34.4 Å². The minimum absolute atomic E-state index is 0.161. The molecular formula is C19H26N4O2. The number of nitrogens with zero attached hydrogens (tertiary/aromatic N) is 3. The largest absolute Gasteiger partial charge is 0.459 e. The van der Waals surface area contributed by atoms with Crippen molar-refractivity contribution in [3.63, 3.8) is 0 Å². The van der Waals surface area contributed by atoms with Crippen LogP contribution in [-0.2, 0) is 9.53 Å². The number of nitrogens with two attached hydrogens (primary N) is 1. The van der Waals surface area contributed by atoms with Gasteiger partial charge in [0.2, 0.25) is 5.95 Å². The molecule has 0 saturated heterocycles. The fourth-order valence-electron chi connectivity index (χ4n) is 2.39. The van der Waals surface area contributed by atoms with Gasteiger partial charge >= 0.3 is 5.97 Å². The van der Waals surface area contributed by atoms with Crippen LogP contribution in [-0.4, -0.2) is 28.3 Å². The lowest BCUT2D eigenvalue weighted by atomic mass is 10.1. The molecule has 2 aromatic rings. The third kappa shape index (κ3) is 4.98. The highest BCUT2D eigenvalue weighted by Crippen LogP contribution is 2.26. The van der Waals surface area contributed by atoms with Gasteiger partial charge < -0.3 is 10.5 Å². The van der Waals surface area contributed by atoms with Crippen molar-refractivity contribution in [2.75, 3.05) is 12.3 Å². The van der Waals surface area contributed by atoms with E-state index in [2.05, 4.69) is 21.9 Å². The molecule has 1 aromatic heterocycles. The SMILES string of the molecule is CCCC/C(COC(=O)C(C)C)=N\c1nc(N)nc2c(C)cccc12. The molecule has 0 amide bonds. The number of carbonyl (C=O) groups excluding carboxylic acids is 1. The Kier molecular flexibility index (Phi) is 6.44. The topological polar surface area (TPSA) is 90.5 Å². The monoisotopic (exact) mass is 342 g/mol. The van der Waals surface area contributed by atoms with Gasteiger partial charge in [-0.2, -0.15) is 4.98 Å². The number of esters is 1. The maximum Gasteiger partial charge on any atom is 0.308 e. The maximum atomic E-state index is 11.8. The summed E-state index contributed by atoms with van der Waals surface area (Å²) < 4.78 is 5.36. The molecule has 134 valence electrons. The average Bonchev–Trinajstić information content (AvgIpc) is 2.57. The minimum atomic E-state index is -0.230. The molecule has 2 rings (SSSR count). The number of hydrogen-bond donors (Lipinski definition) is 1. The van der Waals surface area contributed by atoms with Crippen molar-refractivity contribution in [2.45, 2.75) is 47.0 Å². The van der Waals surface area contributed by atoms with Crippen LogP contribution in [0.25, 0.3) is 10.9 Å². The van der Waals surface area contributed by atoms with E-state index >= 15 is 0 Å². The quantitative estimate of drug-likeness (QED) is 0.607. The Labute approximate surface area is 148 Å². The summed E-state index contributed by atoms with van der Waals surface area (Å²) in [6.07, 6.45) is 2.75. The number of benzene rings is 1. The Hall–Kier alpha value is -2.50. The molecule has 1 heterocycles. The number of carbonyl (C=O) groups is 1. The predicted octanol–water partition coefficient (Wildman–Crippen LogP) is 3.98. The summed E-state index contributed by atoms with van der Waals surface area (Å²) in [5.74, 6) is 0.324. The lowest BCUT2D eigenvalue weighted by Gasteiger charge is -2.11. The van der Waals surface area contributed by atoms with E-state index in [1.807, 2.05) is 39.0 Å². The second kappa shape index (κ2) is 8.55. The van der Waals surface area contributed by atoms with Gasteiger partial charge in [-0.1, -0.05) is 39.3 Å². The van der Waals surface area contributed by atoms with Crippen molar-refractivity contribution in [2.24, 2.45) is 10.9 Å². The van der Waals surface area contributed by atoms with Gasteiger partial charge in [0.05, 0.1) is 17.1 Å². The van der Waals surface area contributed by atoms with Crippen LogP contribution in [0.5, 0.6) is 0 Å². The number of ether oxygens (including phenoxy) is 1. The van der Waals surface area contributed by atoms with Crippen LogP contribution in [0.2, 0.25) is 0 Å². The Balaban J connectivity index is 2.39. The van der Waals surface area contributed by atoms with Crippen LogP contribution in [0.15, 0.2) is 23.2 Å². The summed E-state index contributed by atoms with van der Waals surface area (Å²) in [6, 6.07) is 5.85. The number of para-hydroxylation sites is 1. The first-order chi connectivity index (χ1) is 11.9. The molecule has 6 nitrogen and oxygen atoms in total. The summed E-state index contributed by atoms with van der Waals surface area (Å²) in [7, 11) is 0. The third-order valence-electron chi connectivity index (χ3n) is 3.86. The number of unbranched alkanes of at least 4 members (excludes halogenated alkanes) is 1. The van der Waals surface area contributed by atoms with Crippen molar-refractivity contribution in [1.29, 1.82) is 0 Å². The number of aryl methyl sites for hydroxylation is 1. The summed E-state index contributed by atoms with van der Waals surface area (Å²) in [5.41, 5.74) is 8.46. The molecule has 2 N–H and O–H groups in total. The first-order valence-corrected chi connectivity index (χ1v) is 8.68. The molecule has 0 saturated carbocycles. The molecule has 0 aliphatic heterocycles. The van der Waals surface area contributed by atoms with Gasteiger partial charge in [-0.05, 0) is 31.4 Å². The van der Waals surface area contributed by atoms with E-state index in [0.29, 0.717) is 5.82 Å². The highest BCUT2D eigenvalue weighted by Gasteiger charge is 2.12. The molecule has 0 radical (unpaired) electrons. The molecule has 0 bridgehead atoms. The number of aromatic nitrogens is 2. The molecule has 6 heteroatoms. The fourth-order valence-corrected chi connectivity index (χ4v) is 2.39. The zero-order valence-corrected chi connectivity index (χ0v) is 15.4. The normalized spacial score (nSPS) is 12.0. The summed E-state index contributed by atoms with van der Waals surface area (Å²) >= 11 is 0. The number of hydrogen-bond acceptors (Lipinski definition) is 6. The van der Waals surface area contributed by atoms with Crippen molar-refractivity contribution in [3.8, 4) is 0 Å². The zero-order valence-electron chi connectivity index (χ0n) is 15.4. The molecule has 0 aliphatic carbocycles. The summed E-state index contributed by atoms with van der Waals surface area (Å²) in [6.45, 7) is 7.89. The Bertz CT molecular complexity index is 784. The van der Waals surface area contributed by atoms with E-state index in [0.717, 1.165) is 41.4 Å². The molecule has 25 heavy (non-hydrogen) atoms. The van der Waals surface area contributed by atoms with Crippen molar-refractivity contribution in [1.82, 2.24) is 9.97 Å². The highest BCUT2D eigenvalue weighted by atomic mass is 16.5. The van der Waals surface area contributed by atoms with Gasteiger partial charge in [0.15, 0.2) is 5.82 Å². The van der Waals surface area contributed by atoms with E-state index in [1.54, 1.807) is 0 Å². The van der Waals surface area contributed by atoms with Crippen LogP contribution >= 0.6 is 0 Å². The average molecular weight is 342 g/mol. The number of fused-ring (bicyclic) bond motifs is 1. The Morgan fingerprint density at radius 2 is 2.08 bits per heavy atom. The van der Waals surface area contributed by atoms with E-state index in [1.165, 1.54) is 0 Å². The number of nitrogen functional groups attached to an aromatic ring is 1. The van der Waals surface area contributed by atoms with Crippen molar-refractivity contribution in [3.05, 3.63) is 23.8 Å². The van der Waals surface area contributed by atoms with Gasteiger partial charge in [-0.15, -0.1) is 0 Å². The lowest BCUT2D eigenvalue weighted by molar-refractivity contribution is -0.145. The van der Waals surface area contributed by atoms with Crippen LogP contribution in [0.3, 0.4) is 0 Å². The van der Waals surface area contributed by atoms with Crippen LogP contribution in [0.1, 0.15) is 45.6 Å². The smallest absolute Gasteiger partial charge is 0.308 e. The van der Waals surface area contributed by atoms with E-state index < -0.39 is 0 Å². The number of anilines is 1. The molecule has 0 spiro atoms. The standard InChI is InChI=1S/C19H26N4O2/c1-5-6-9-14(11-25-18(24)12(2)3)21-17-15-10-7-8-13(4)16(15)22-19(20)23-17/h7-8,10,12H,5-6,9,11H2,1-4H3,(H2,20,22,23)/b21-14+. The second-order valence-corrected chi connectivity index (χ2v) is 6.42. The fraction of sp³-hybridized carbons (Fsp3) is 0.474. The van der Waals surface area contributed by atoms with Crippen LogP contribution < -0.4 is 5.73 Å². The third-order valence-corrected chi connectivity index (χ3v) is 3.86. The van der Waals surface area contributed by atoms with E-state index in [-0.39, 0.29) is 24.4 Å². The molecule has 0 aliphatic rings. The molecule has 1 aromatic carbocycles. The molecular weight excluding hydrogens is 316 g/mol. The summed E-state index contributed by atoms with van der Waals surface area (Å²) in [5, 5.41) is 0.846. The van der Waals surface area contributed by atoms with Crippen molar-refractivity contribution < 1.29 is 9.53 Å². The number of aliphatic imine (C=N–C) groups is 1. The zero-order chi connectivity index (χ0) is 18.4. The van der Waals surface area contributed by atoms with Gasteiger partial charge in [0, 0.05) is 5.39 Å².